The first kappa shape index (κ1) is 17.9. The SMILES string of the molecule is CC1(C)COCCN1C(=O)c1cccc(NS(=O)(=O)c2cccs2)c1. The lowest BCUT2D eigenvalue weighted by atomic mass is 10.0. The quantitative estimate of drug-likeness (QED) is 0.885. The molecule has 1 N–H and O–H groups in total. The first-order valence-corrected chi connectivity index (χ1v) is 10.2. The number of amides is 1. The minimum atomic E-state index is -3.64. The van der Waals surface area contributed by atoms with Crippen molar-refractivity contribution in [1.82, 2.24) is 4.90 Å². The Labute approximate surface area is 151 Å². The van der Waals surface area contributed by atoms with Gasteiger partial charge in [0.05, 0.1) is 18.8 Å². The van der Waals surface area contributed by atoms with Crippen LogP contribution >= 0.6 is 11.3 Å². The monoisotopic (exact) mass is 380 g/mol. The van der Waals surface area contributed by atoms with E-state index < -0.39 is 15.6 Å². The molecule has 1 fully saturated rings. The maximum Gasteiger partial charge on any atom is 0.271 e. The van der Waals surface area contributed by atoms with Gasteiger partial charge >= 0.3 is 0 Å². The van der Waals surface area contributed by atoms with Gasteiger partial charge in [-0.2, -0.15) is 0 Å². The molecular formula is C17H20N2O4S2. The number of sulfonamides is 1. The summed E-state index contributed by atoms with van der Waals surface area (Å²) in [4.78, 5) is 14.6. The van der Waals surface area contributed by atoms with Crippen LogP contribution in [0.25, 0.3) is 0 Å². The van der Waals surface area contributed by atoms with Crippen LogP contribution in [0.2, 0.25) is 0 Å². The van der Waals surface area contributed by atoms with Crippen molar-refractivity contribution in [1.29, 1.82) is 0 Å². The summed E-state index contributed by atoms with van der Waals surface area (Å²) in [5, 5.41) is 1.70. The number of thiophene rings is 1. The van der Waals surface area contributed by atoms with Gasteiger partial charge < -0.3 is 9.64 Å². The number of morpholine rings is 1. The van der Waals surface area contributed by atoms with Crippen molar-refractivity contribution in [3.8, 4) is 0 Å². The van der Waals surface area contributed by atoms with Gasteiger partial charge in [-0.05, 0) is 43.5 Å². The number of nitrogens with one attached hydrogen (secondary N) is 1. The summed E-state index contributed by atoms with van der Waals surface area (Å²) < 4.78 is 32.9. The molecule has 1 aromatic heterocycles. The number of carbonyl (C=O) groups is 1. The fraction of sp³-hybridized carbons (Fsp3) is 0.353. The van der Waals surface area contributed by atoms with Gasteiger partial charge in [-0.15, -0.1) is 11.3 Å². The Morgan fingerprint density at radius 3 is 2.76 bits per heavy atom. The van der Waals surface area contributed by atoms with E-state index in [0.29, 0.717) is 31.0 Å². The van der Waals surface area contributed by atoms with Crippen LogP contribution < -0.4 is 4.72 Å². The first-order chi connectivity index (χ1) is 11.8. The zero-order valence-corrected chi connectivity index (χ0v) is 15.7. The van der Waals surface area contributed by atoms with Crippen molar-refractivity contribution in [3.05, 3.63) is 47.3 Å². The zero-order chi connectivity index (χ0) is 18.1. The average molecular weight is 380 g/mol. The van der Waals surface area contributed by atoms with Gasteiger partial charge in [0.2, 0.25) is 0 Å². The highest BCUT2D eigenvalue weighted by Gasteiger charge is 2.34. The van der Waals surface area contributed by atoms with Crippen LogP contribution in [-0.4, -0.2) is 44.5 Å². The van der Waals surface area contributed by atoms with E-state index in [-0.39, 0.29) is 10.1 Å². The summed E-state index contributed by atoms with van der Waals surface area (Å²) in [5.74, 6) is -0.134. The van der Waals surface area contributed by atoms with Crippen molar-refractivity contribution in [2.45, 2.75) is 23.6 Å². The minimum Gasteiger partial charge on any atom is -0.377 e. The van der Waals surface area contributed by atoms with E-state index in [1.165, 1.54) is 6.07 Å². The lowest BCUT2D eigenvalue weighted by Crippen LogP contribution is -2.55. The van der Waals surface area contributed by atoms with Crippen LogP contribution in [0.5, 0.6) is 0 Å². The van der Waals surface area contributed by atoms with E-state index in [0.717, 1.165) is 11.3 Å². The third-order valence-electron chi connectivity index (χ3n) is 4.01. The Balaban J connectivity index is 1.83. The number of rotatable bonds is 4. The number of hydrogen-bond acceptors (Lipinski definition) is 5. The highest BCUT2D eigenvalue weighted by atomic mass is 32.2. The van der Waals surface area contributed by atoms with Crippen LogP contribution in [-0.2, 0) is 14.8 Å². The predicted octanol–water partition coefficient (Wildman–Crippen LogP) is 2.80. The maximum absolute atomic E-state index is 12.9. The van der Waals surface area contributed by atoms with Crippen LogP contribution in [0.4, 0.5) is 5.69 Å². The summed E-state index contributed by atoms with van der Waals surface area (Å²) in [6.07, 6.45) is 0. The Hall–Kier alpha value is -1.90. The molecule has 0 atom stereocenters. The molecule has 6 nitrogen and oxygen atoms in total. The number of nitrogens with zero attached hydrogens (tertiary/aromatic N) is 1. The predicted molar refractivity (Wildman–Crippen MR) is 97.5 cm³/mol. The molecule has 0 bridgehead atoms. The first-order valence-electron chi connectivity index (χ1n) is 7.86. The molecular weight excluding hydrogens is 360 g/mol. The maximum atomic E-state index is 12.9. The summed E-state index contributed by atoms with van der Waals surface area (Å²) >= 11 is 1.14. The molecule has 8 heteroatoms. The van der Waals surface area contributed by atoms with E-state index in [1.807, 2.05) is 13.8 Å². The van der Waals surface area contributed by atoms with Gasteiger partial charge in [0.25, 0.3) is 15.9 Å². The summed E-state index contributed by atoms with van der Waals surface area (Å²) in [6, 6.07) is 9.78. The van der Waals surface area contributed by atoms with E-state index in [1.54, 1.807) is 40.6 Å². The third-order valence-corrected chi connectivity index (χ3v) is 6.79. The second-order valence-electron chi connectivity index (χ2n) is 6.44. The third kappa shape index (κ3) is 3.86. The van der Waals surface area contributed by atoms with Crippen LogP contribution in [0.15, 0.2) is 46.0 Å². The van der Waals surface area contributed by atoms with E-state index >= 15 is 0 Å². The van der Waals surface area contributed by atoms with Gasteiger partial charge in [0, 0.05) is 17.8 Å². The standard InChI is InChI=1S/C17H20N2O4S2/c1-17(2)12-23-9-8-19(17)16(20)13-5-3-6-14(11-13)18-25(21,22)15-7-4-10-24-15/h3-7,10-11,18H,8-9,12H2,1-2H3. The van der Waals surface area contributed by atoms with Crippen molar-refractivity contribution in [2.24, 2.45) is 0 Å². The molecule has 0 aliphatic carbocycles. The lowest BCUT2D eigenvalue weighted by molar-refractivity contribution is -0.0370. The number of hydrogen-bond donors (Lipinski definition) is 1. The normalized spacial score (nSPS) is 17.3. The fourth-order valence-corrected chi connectivity index (χ4v) is 4.77. The largest absolute Gasteiger partial charge is 0.377 e. The van der Waals surface area contributed by atoms with Gasteiger partial charge in [0.15, 0.2) is 0 Å². The summed E-state index contributed by atoms with van der Waals surface area (Å²) in [5.41, 5.74) is 0.411. The van der Waals surface area contributed by atoms with E-state index in [4.69, 9.17) is 4.74 Å². The lowest BCUT2D eigenvalue weighted by Gasteiger charge is -2.42. The van der Waals surface area contributed by atoms with Crippen molar-refractivity contribution < 1.29 is 17.9 Å². The zero-order valence-electron chi connectivity index (χ0n) is 14.1. The molecule has 25 heavy (non-hydrogen) atoms. The molecule has 1 aromatic carbocycles. The molecule has 1 amide bonds. The molecule has 134 valence electrons. The molecule has 1 saturated heterocycles. The summed E-state index contributed by atoms with van der Waals surface area (Å²) in [7, 11) is -3.64. The molecule has 2 aromatic rings. The molecule has 0 spiro atoms. The molecule has 0 radical (unpaired) electrons. The second kappa shape index (κ2) is 6.78. The second-order valence-corrected chi connectivity index (χ2v) is 9.30. The van der Waals surface area contributed by atoms with Crippen LogP contribution in [0.3, 0.4) is 0 Å². The van der Waals surface area contributed by atoms with Gasteiger partial charge in [-0.1, -0.05) is 12.1 Å². The van der Waals surface area contributed by atoms with Gasteiger partial charge in [0.1, 0.15) is 4.21 Å². The van der Waals surface area contributed by atoms with Gasteiger partial charge in [-0.25, -0.2) is 8.42 Å². The molecule has 0 saturated carbocycles. The van der Waals surface area contributed by atoms with Crippen LogP contribution in [0, 0.1) is 0 Å². The number of carbonyl (C=O) groups excluding carboxylic acids is 1. The Morgan fingerprint density at radius 1 is 1.28 bits per heavy atom. The molecule has 2 heterocycles. The molecule has 1 aliphatic rings. The minimum absolute atomic E-state index is 0.134. The van der Waals surface area contributed by atoms with Crippen LogP contribution in [0.1, 0.15) is 24.2 Å². The van der Waals surface area contributed by atoms with Crippen molar-refractivity contribution in [3.63, 3.8) is 0 Å². The van der Waals surface area contributed by atoms with Crippen molar-refractivity contribution >= 4 is 33.0 Å². The topological polar surface area (TPSA) is 75.7 Å². The van der Waals surface area contributed by atoms with Crippen molar-refractivity contribution in [2.75, 3.05) is 24.5 Å². The fourth-order valence-electron chi connectivity index (χ4n) is 2.73. The van der Waals surface area contributed by atoms with E-state index in [2.05, 4.69) is 4.72 Å². The number of ether oxygens (including phenoxy) is 1. The molecule has 3 rings (SSSR count). The number of benzene rings is 1. The number of anilines is 1. The smallest absolute Gasteiger partial charge is 0.271 e. The Kier molecular flexibility index (Phi) is 4.86. The molecule has 1 aliphatic heterocycles. The highest BCUT2D eigenvalue weighted by molar-refractivity contribution is 7.94. The van der Waals surface area contributed by atoms with E-state index in [9.17, 15) is 13.2 Å². The molecule has 0 unspecified atom stereocenters. The Bertz CT molecular complexity index is 861. The Morgan fingerprint density at radius 2 is 2.08 bits per heavy atom. The average Bonchev–Trinajstić information content (AvgIpc) is 3.09. The highest BCUT2D eigenvalue weighted by Crippen LogP contribution is 2.24. The summed E-state index contributed by atoms with van der Waals surface area (Å²) in [6.45, 7) is 5.39. The van der Waals surface area contributed by atoms with Gasteiger partial charge in [-0.3, -0.25) is 9.52 Å².